The van der Waals surface area contributed by atoms with Crippen LogP contribution in [0.1, 0.15) is 43.4 Å². The summed E-state index contributed by atoms with van der Waals surface area (Å²) in [6.07, 6.45) is 0.732. The van der Waals surface area contributed by atoms with Gasteiger partial charge in [-0.3, -0.25) is 9.59 Å². The van der Waals surface area contributed by atoms with Gasteiger partial charge in [0.15, 0.2) is 0 Å². The van der Waals surface area contributed by atoms with Crippen LogP contribution in [0.15, 0.2) is 52.5 Å². The number of rotatable bonds is 8. The van der Waals surface area contributed by atoms with Crippen LogP contribution < -0.4 is 0 Å². The van der Waals surface area contributed by atoms with Crippen molar-refractivity contribution >= 4 is 17.4 Å². The minimum atomic E-state index is -0.722. The number of likely N-dealkylation sites (tertiary alicyclic amines) is 1. The van der Waals surface area contributed by atoms with Gasteiger partial charge in [0.25, 0.3) is 11.7 Å². The highest BCUT2D eigenvalue weighted by Gasteiger charge is 2.47. The molecule has 1 N–H and O–H groups in total. The van der Waals surface area contributed by atoms with Crippen molar-refractivity contribution < 1.29 is 19.1 Å². The molecule has 0 saturated carbocycles. The van der Waals surface area contributed by atoms with E-state index in [9.17, 15) is 14.7 Å². The first-order valence-corrected chi connectivity index (χ1v) is 10.1. The molecule has 1 aromatic heterocycles. The largest absolute Gasteiger partial charge is 0.507 e. The molecule has 0 bridgehead atoms. The average molecular weight is 396 g/mol. The molecule has 6 heteroatoms. The van der Waals surface area contributed by atoms with Crippen molar-refractivity contribution in [1.82, 2.24) is 9.80 Å². The Hall–Kier alpha value is -2.86. The molecule has 0 spiro atoms. The Kier molecular flexibility index (Phi) is 6.54. The Balaban J connectivity index is 1.97. The highest BCUT2D eigenvalue weighted by Crippen LogP contribution is 2.40. The molecule has 2 heterocycles. The summed E-state index contributed by atoms with van der Waals surface area (Å²) in [5, 5.41) is 10.9. The number of aliphatic hydroxyl groups is 1. The molecule has 0 unspecified atom stereocenters. The van der Waals surface area contributed by atoms with Crippen LogP contribution in [0.3, 0.4) is 0 Å². The van der Waals surface area contributed by atoms with Gasteiger partial charge in [-0.05, 0) is 45.1 Å². The maximum atomic E-state index is 12.9. The molecule has 1 aliphatic rings. The second kappa shape index (κ2) is 9.09. The van der Waals surface area contributed by atoms with Crippen molar-refractivity contribution in [2.24, 2.45) is 0 Å². The van der Waals surface area contributed by atoms with E-state index in [1.165, 1.54) is 4.90 Å². The van der Waals surface area contributed by atoms with E-state index in [1.54, 1.807) is 36.4 Å². The van der Waals surface area contributed by atoms with Crippen LogP contribution in [-0.4, -0.2) is 52.8 Å². The van der Waals surface area contributed by atoms with Gasteiger partial charge in [0.1, 0.15) is 23.3 Å². The highest BCUT2D eigenvalue weighted by molar-refractivity contribution is 6.46. The molecule has 0 radical (unpaired) electrons. The summed E-state index contributed by atoms with van der Waals surface area (Å²) in [6, 6.07) is 11.7. The second-order valence-electron chi connectivity index (χ2n) is 7.19. The molecule has 1 amide bonds. The van der Waals surface area contributed by atoms with Gasteiger partial charge in [-0.2, -0.15) is 0 Å². The van der Waals surface area contributed by atoms with Gasteiger partial charge >= 0.3 is 0 Å². The van der Waals surface area contributed by atoms with Gasteiger partial charge < -0.3 is 19.3 Å². The lowest BCUT2D eigenvalue weighted by atomic mass is 9.99. The van der Waals surface area contributed by atoms with Crippen molar-refractivity contribution in [3.63, 3.8) is 0 Å². The Labute approximate surface area is 171 Å². The zero-order valence-corrected chi connectivity index (χ0v) is 17.2. The number of amides is 1. The zero-order valence-electron chi connectivity index (χ0n) is 17.2. The maximum absolute atomic E-state index is 12.9. The third kappa shape index (κ3) is 4.27. The van der Waals surface area contributed by atoms with Gasteiger partial charge in [-0.15, -0.1) is 0 Å². The summed E-state index contributed by atoms with van der Waals surface area (Å²) in [4.78, 5) is 29.5. The van der Waals surface area contributed by atoms with E-state index in [-0.39, 0.29) is 11.3 Å². The van der Waals surface area contributed by atoms with Crippen LogP contribution in [0, 0.1) is 6.92 Å². The van der Waals surface area contributed by atoms with Crippen LogP contribution >= 0.6 is 0 Å². The number of hydrogen-bond donors (Lipinski definition) is 1. The predicted molar refractivity (Wildman–Crippen MR) is 111 cm³/mol. The van der Waals surface area contributed by atoms with E-state index >= 15 is 0 Å². The molecular weight excluding hydrogens is 368 g/mol. The summed E-state index contributed by atoms with van der Waals surface area (Å²) in [5.74, 6) is -0.265. The van der Waals surface area contributed by atoms with E-state index in [0.717, 1.165) is 26.1 Å². The normalized spacial score (nSPS) is 18.8. The fourth-order valence-electron chi connectivity index (χ4n) is 3.76. The number of aliphatic hydroxyl groups excluding tert-OH is 1. The third-order valence-electron chi connectivity index (χ3n) is 5.39. The van der Waals surface area contributed by atoms with Gasteiger partial charge in [0.05, 0.1) is 5.57 Å². The fraction of sp³-hybridized carbons (Fsp3) is 0.391. The summed E-state index contributed by atoms with van der Waals surface area (Å²) < 4.78 is 5.78. The molecule has 29 heavy (non-hydrogen) atoms. The smallest absolute Gasteiger partial charge is 0.295 e. The summed E-state index contributed by atoms with van der Waals surface area (Å²) in [5.41, 5.74) is 0.584. The lowest BCUT2D eigenvalue weighted by Crippen LogP contribution is -2.33. The minimum Gasteiger partial charge on any atom is -0.507 e. The first-order chi connectivity index (χ1) is 14.0. The number of benzene rings is 1. The highest BCUT2D eigenvalue weighted by atomic mass is 16.3. The number of Topliss-reactive ketones (excluding diaryl/α,β-unsaturated/α-hetero) is 1. The van der Waals surface area contributed by atoms with E-state index in [4.69, 9.17) is 4.42 Å². The minimum absolute atomic E-state index is 0.0818. The first-order valence-electron chi connectivity index (χ1n) is 10.1. The zero-order chi connectivity index (χ0) is 21.0. The molecular formula is C23H28N2O4. The van der Waals surface area contributed by atoms with Crippen LogP contribution in [0.25, 0.3) is 5.76 Å². The molecule has 1 aromatic carbocycles. The number of furan rings is 1. The van der Waals surface area contributed by atoms with Crippen LogP contribution in [0.2, 0.25) is 0 Å². The number of aryl methyl sites for hydroxylation is 1. The fourth-order valence-corrected chi connectivity index (χ4v) is 3.76. The van der Waals surface area contributed by atoms with E-state index in [2.05, 4.69) is 18.7 Å². The number of carbonyl (C=O) groups excluding carboxylic acids is 2. The van der Waals surface area contributed by atoms with Crippen LogP contribution in [0.4, 0.5) is 0 Å². The number of hydrogen-bond acceptors (Lipinski definition) is 5. The quantitative estimate of drug-likeness (QED) is 0.418. The standard InChI is InChI=1S/C23H28N2O4/c1-4-24(5-2)14-9-15-25-20(18-13-12-16(3)29-18)19(22(27)23(25)28)21(26)17-10-7-6-8-11-17/h6-8,10-13,20,26H,4-5,9,14-15H2,1-3H3/b21-19+/t20-/m1/s1. The summed E-state index contributed by atoms with van der Waals surface area (Å²) >= 11 is 0. The number of carbonyl (C=O) groups is 2. The van der Waals surface area contributed by atoms with Crippen LogP contribution in [-0.2, 0) is 9.59 Å². The van der Waals surface area contributed by atoms with Gasteiger partial charge in [0, 0.05) is 12.1 Å². The topological polar surface area (TPSA) is 74.0 Å². The van der Waals surface area contributed by atoms with E-state index in [0.29, 0.717) is 23.6 Å². The molecule has 154 valence electrons. The number of nitrogens with zero attached hydrogens (tertiary/aromatic N) is 2. The Morgan fingerprint density at radius 1 is 1.10 bits per heavy atom. The van der Waals surface area contributed by atoms with Crippen LogP contribution in [0.5, 0.6) is 0 Å². The summed E-state index contributed by atoms with van der Waals surface area (Å²) in [7, 11) is 0. The van der Waals surface area contributed by atoms with Gasteiger partial charge in [-0.25, -0.2) is 0 Å². The molecule has 1 fully saturated rings. The summed E-state index contributed by atoms with van der Waals surface area (Å²) in [6.45, 7) is 9.12. The Bertz CT molecular complexity index is 897. The lowest BCUT2D eigenvalue weighted by Gasteiger charge is -2.25. The second-order valence-corrected chi connectivity index (χ2v) is 7.19. The van der Waals surface area contributed by atoms with Crippen molar-refractivity contribution in [1.29, 1.82) is 0 Å². The van der Waals surface area contributed by atoms with Crippen molar-refractivity contribution in [3.05, 3.63) is 65.1 Å². The molecule has 0 aliphatic carbocycles. The Morgan fingerprint density at radius 2 is 1.79 bits per heavy atom. The Morgan fingerprint density at radius 3 is 2.38 bits per heavy atom. The lowest BCUT2D eigenvalue weighted by molar-refractivity contribution is -0.140. The first kappa shape index (κ1) is 20.9. The molecule has 1 saturated heterocycles. The third-order valence-corrected chi connectivity index (χ3v) is 5.39. The number of ketones is 1. The molecule has 3 rings (SSSR count). The van der Waals surface area contributed by atoms with Crippen molar-refractivity contribution in [3.8, 4) is 0 Å². The SMILES string of the molecule is CCN(CC)CCCN1C(=O)C(=O)/C(=C(/O)c2ccccc2)[C@H]1c1ccc(C)o1. The average Bonchev–Trinajstić information content (AvgIpc) is 3.27. The molecule has 1 aliphatic heterocycles. The van der Waals surface area contributed by atoms with Gasteiger partial charge in [-0.1, -0.05) is 44.2 Å². The van der Waals surface area contributed by atoms with Crippen molar-refractivity contribution in [2.75, 3.05) is 26.2 Å². The monoisotopic (exact) mass is 396 g/mol. The molecule has 2 aromatic rings. The van der Waals surface area contributed by atoms with Crippen molar-refractivity contribution in [2.45, 2.75) is 33.2 Å². The molecule has 1 atom stereocenters. The van der Waals surface area contributed by atoms with E-state index < -0.39 is 17.7 Å². The predicted octanol–water partition coefficient (Wildman–Crippen LogP) is 3.74. The van der Waals surface area contributed by atoms with Gasteiger partial charge in [0.2, 0.25) is 0 Å². The molecule has 6 nitrogen and oxygen atoms in total. The maximum Gasteiger partial charge on any atom is 0.295 e. The van der Waals surface area contributed by atoms with E-state index in [1.807, 2.05) is 13.0 Å².